The first kappa shape index (κ1) is 10.5. The topological polar surface area (TPSA) is 40.5 Å². The minimum absolute atomic E-state index is 0.182. The molecule has 1 saturated carbocycles. The van der Waals surface area contributed by atoms with Gasteiger partial charge in [-0.3, -0.25) is 9.69 Å². The Hall–Kier alpha value is -0.570. The Bertz CT molecular complexity index is 182. The van der Waals surface area contributed by atoms with Crippen LogP contribution in [0.25, 0.3) is 0 Å². The third-order valence-electron chi connectivity index (χ3n) is 3.10. The fourth-order valence-electron chi connectivity index (χ4n) is 2.16. The van der Waals surface area contributed by atoms with Gasteiger partial charge >= 0.3 is 5.97 Å². The predicted octanol–water partition coefficient (Wildman–Crippen LogP) is 1.58. The van der Waals surface area contributed by atoms with E-state index in [1.807, 2.05) is 11.9 Å². The van der Waals surface area contributed by atoms with Crippen molar-refractivity contribution >= 4 is 5.97 Å². The molecule has 0 radical (unpaired) electrons. The van der Waals surface area contributed by atoms with Crippen LogP contribution in [0.5, 0.6) is 0 Å². The van der Waals surface area contributed by atoms with Gasteiger partial charge in [-0.05, 0) is 32.2 Å². The monoisotopic (exact) mass is 185 g/mol. The maximum absolute atomic E-state index is 10.5. The number of carboxylic acid groups (broad SMARTS) is 1. The van der Waals surface area contributed by atoms with Gasteiger partial charge in [-0.15, -0.1) is 0 Å². The van der Waals surface area contributed by atoms with E-state index < -0.39 is 5.97 Å². The Balaban J connectivity index is 2.32. The number of hydrogen-bond acceptors (Lipinski definition) is 2. The lowest BCUT2D eigenvalue weighted by atomic mass is 10.1. The lowest BCUT2D eigenvalue weighted by molar-refractivity contribution is -0.138. The molecule has 1 aliphatic rings. The van der Waals surface area contributed by atoms with Gasteiger partial charge in [0.1, 0.15) is 0 Å². The first-order valence-electron chi connectivity index (χ1n) is 5.05. The highest BCUT2D eigenvalue weighted by Gasteiger charge is 2.26. The summed E-state index contributed by atoms with van der Waals surface area (Å²) in [4.78, 5) is 12.4. The molecule has 0 saturated heterocycles. The van der Waals surface area contributed by atoms with Crippen molar-refractivity contribution in [1.82, 2.24) is 4.90 Å². The highest BCUT2D eigenvalue weighted by Crippen LogP contribution is 2.30. The fourth-order valence-corrected chi connectivity index (χ4v) is 2.16. The molecule has 1 aliphatic carbocycles. The van der Waals surface area contributed by atoms with E-state index in [0.29, 0.717) is 6.04 Å². The Kier molecular flexibility index (Phi) is 3.72. The number of aliphatic carboxylic acids is 1. The minimum atomic E-state index is -0.720. The van der Waals surface area contributed by atoms with E-state index in [0.717, 1.165) is 5.92 Å². The first-order valence-corrected chi connectivity index (χ1v) is 5.05. The molecule has 0 aromatic carbocycles. The molecule has 0 amide bonds. The summed E-state index contributed by atoms with van der Waals surface area (Å²) in [5.74, 6) is 0.101. The van der Waals surface area contributed by atoms with Crippen LogP contribution in [-0.4, -0.2) is 35.6 Å². The molecule has 0 spiro atoms. The van der Waals surface area contributed by atoms with E-state index in [4.69, 9.17) is 5.11 Å². The summed E-state index contributed by atoms with van der Waals surface area (Å²) >= 11 is 0. The summed E-state index contributed by atoms with van der Waals surface area (Å²) in [6, 6.07) is 0.501. The number of hydrogen-bond donors (Lipinski definition) is 1. The second-order valence-electron chi connectivity index (χ2n) is 4.05. The molecule has 13 heavy (non-hydrogen) atoms. The van der Waals surface area contributed by atoms with Crippen LogP contribution in [0.2, 0.25) is 0 Å². The zero-order valence-electron chi connectivity index (χ0n) is 8.49. The maximum atomic E-state index is 10.5. The van der Waals surface area contributed by atoms with Gasteiger partial charge in [-0.2, -0.15) is 0 Å². The number of likely N-dealkylation sites (N-methyl/N-ethyl adjacent to an activating group) is 1. The molecule has 1 N–H and O–H groups in total. The van der Waals surface area contributed by atoms with Gasteiger partial charge in [0.05, 0.1) is 6.54 Å². The van der Waals surface area contributed by atoms with E-state index >= 15 is 0 Å². The number of carbonyl (C=O) groups is 1. The summed E-state index contributed by atoms with van der Waals surface area (Å²) in [5.41, 5.74) is 0. The third kappa shape index (κ3) is 2.99. The second-order valence-corrected chi connectivity index (χ2v) is 4.05. The van der Waals surface area contributed by atoms with Crippen LogP contribution in [0.4, 0.5) is 0 Å². The molecule has 0 aliphatic heterocycles. The number of rotatable bonds is 4. The molecule has 0 aromatic rings. The summed E-state index contributed by atoms with van der Waals surface area (Å²) < 4.78 is 0. The van der Waals surface area contributed by atoms with Gasteiger partial charge < -0.3 is 5.11 Å². The molecule has 0 aromatic heterocycles. The highest BCUT2D eigenvalue weighted by molar-refractivity contribution is 5.69. The Morgan fingerprint density at radius 1 is 1.54 bits per heavy atom. The molecule has 2 unspecified atom stereocenters. The SMILES string of the molecule is CCC1CCC(N(C)CC(=O)O)C1. The van der Waals surface area contributed by atoms with E-state index in [1.54, 1.807) is 0 Å². The van der Waals surface area contributed by atoms with Crippen LogP contribution in [0.3, 0.4) is 0 Å². The molecule has 1 fully saturated rings. The van der Waals surface area contributed by atoms with Crippen LogP contribution < -0.4 is 0 Å². The zero-order chi connectivity index (χ0) is 9.84. The average Bonchev–Trinajstić information content (AvgIpc) is 2.50. The molecule has 0 bridgehead atoms. The van der Waals surface area contributed by atoms with Gasteiger partial charge in [-0.25, -0.2) is 0 Å². The van der Waals surface area contributed by atoms with Crippen LogP contribution in [0.15, 0.2) is 0 Å². The lowest BCUT2D eigenvalue weighted by Crippen LogP contribution is -2.34. The van der Waals surface area contributed by atoms with E-state index in [1.165, 1.54) is 25.7 Å². The minimum Gasteiger partial charge on any atom is -0.480 e. The van der Waals surface area contributed by atoms with E-state index in [-0.39, 0.29) is 6.54 Å². The van der Waals surface area contributed by atoms with Crippen LogP contribution >= 0.6 is 0 Å². The highest BCUT2D eigenvalue weighted by atomic mass is 16.4. The van der Waals surface area contributed by atoms with Crippen LogP contribution in [0.1, 0.15) is 32.6 Å². The Morgan fingerprint density at radius 3 is 2.69 bits per heavy atom. The van der Waals surface area contributed by atoms with Gasteiger partial charge in [0, 0.05) is 6.04 Å². The molecule has 3 nitrogen and oxygen atoms in total. The average molecular weight is 185 g/mol. The van der Waals surface area contributed by atoms with Gasteiger partial charge in [0.25, 0.3) is 0 Å². The van der Waals surface area contributed by atoms with Crippen LogP contribution in [-0.2, 0) is 4.79 Å². The molecule has 2 atom stereocenters. The van der Waals surface area contributed by atoms with Gasteiger partial charge in [-0.1, -0.05) is 13.3 Å². The molecule has 76 valence electrons. The second kappa shape index (κ2) is 4.61. The zero-order valence-corrected chi connectivity index (χ0v) is 8.49. The van der Waals surface area contributed by atoms with Crippen molar-refractivity contribution in [3.05, 3.63) is 0 Å². The van der Waals surface area contributed by atoms with Crippen molar-refractivity contribution in [1.29, 1.82) is 0 Å². The van der Waals surface area contributed by atoms with Crippen molar-refractivity contribution in [3.8, 4) is 0 Å². The molecular weight excluding hydrogens is 166 g/mol. The third-order valence-corrected chi connectivity index (χ3v) is 3.10. The maximum Gasteiger partial charge on any atom is 0.317 e. The number of nitrogens with zero attached hydrogens (tertiary/aromatic N) is 1. The van der Waals surface area contributed by atoms with Crippen molar-refractivity contribution in [3.63, 3.8) is 0 Å². The number of carboxylic acids is 1. The molecular formula is C10H19NO2. The van der Waals surface area contributed by atoms with Crippen molar-refractivity contribution in [2.45, 2.75) is 38.6 Å². The lowest BCUT2D eigenvalue weighted by Gasteiger charge is -2.22. The fraction of sp³-hybridized carbons (Fsp3) is 0.900. The van der Waals surface area contributed by atoms with Gasteiger partial charge in [0.2, 0.25) is 0 Å². The van der Waals surface area contributed by atoms with Crippen molar-refractivity contribution in [2.75, 3.05) is 13.6 Å². The largest absolute Gasteiger partial charge is 0.480 e. The predicted molar refractivity (Wildman–Crippen MR) is 51.7 cm³/mol. The summed E-state index contributed by atoms with van der Waals surface area (Å²) in [6.45, 7) is 2.39. The molecule has 1 rings (SSSR count). The Morgan fingerprint density at radius 2 is 2.23 bits per heavy atom. The summed E-state index contributed by atoms with van der Waals surface area (Å²) in [5, 5.41) is 8.63. The summed E-state index contributed by atoms with van der Waals surface area (Å²) in [7, 11) is 1.91. The normalized spacial score (nSPS) is 28.2. The van der Waals surface area contributed by atoms with Gasteiger partial charge in [0.15, 0.2) is 0 Å². The quantitative estimate of drug-likeness (QED) is 0.723. The van der Waals surface area contributed by atoms with Crippen molar-refractivity contribution < 1.29 is 9.90 Å². The molecule has 3 heteroatoms. The standard InChI is InChI=1S/C10H19NO2/c1-3-8-4-5-9(6-8)11(2)7-10(12)13/h8-9H,3-7H2,1-2H3,(H,12,13). The van der Waals surface area contributed by atoms with Crippen LogP contribution in [0, 0.1) is 5.92 Å². The smallest absolute Gasteiger partial charge is 0.317 e. The summed E-state index contributed by atoms with van der Waals surface area (Å²) in [6.07, 6.45) is 4.85. The van der Waals surface area contributed by atoms with Crippen molar-refractivity contribution in [2.24, 2.45) is 5.92 Å². The molecule has 0 heterocycles. The first-order chi connectivity index (χ1) is 6.13. The van der Waals surface area contributed by atoms with E-state index in [9.17, 15) is 4.79 Å². The Labute approximate surface area is 79.7 Å². The van der Waals surface area contributed by atoms with E-state index in [2.05, 4.69) is 6.92 Å².